The molecule has 0 heterocycles. The van der Waals surface area contributed by atoms with Gasteiger partial charge in [-0.3, -0.25) is 0 Å². The number of likely N-dealkylation sites (N-methyl/N-ethyl adjacent to an activating group) is 1. The highest BCUT2D eigenvalue weighted by atomic mass is 35.5. The van der Waals surface area contributed by atoms with E-state index in [-0.39, 0.29) is 12.4 Å². The number of nitrogens with one attached hydrogen (secondary N) is 1. The summed E-state index contributed by atoms with van der Waals surface area (Å²) in [4.78, 5) is 0. The van der Waals surface area contributed by atoms with Gasteiger partial charge in [0.15, 0.2) is 0 Å². The second-order valence-corrected chi connectivity index (χ2v) is 3.89. The quantitative estimate of drug-likeness (QED) is 0.775. The van der Waals surface area contributed by atoms with Gasteiger partial charge in [-0.25, -0.2) is 0 Å². The zero-order chi connectivity index (χ0) is 11.1. The van der Waals surface area contributed by atoms with Crippen LogP contribution in [0.25, 0.3) is 0 Å². The first-order valence-electron chi connectivity index (χ1n) is 5.68. The maximum absolute atomic E-state index is 5.74. The minimum Gasteiger partial charge on any atom is -0.492 e. The molecule has 16 heavy (non-hydrogen) atoms. The summed E-state index contributed by atoms with van der Waals surface area (Å²) in [6, 6.07) is 8.26. The van der Waals surface area contributed by atoms with E-state index >= 15 is 0 Å². The molecule has 0 aromatic heterocycles. The van der Waals surface area contributed by atoms with Crippen molar-refractivity contribution in [1.82, 2.24) is 5.32 Å². The molecule has 0 aliphatic carbocycles. The Morgan fingerprint density at radius 2 is 1.94 bits per heavy atom. The summed E-state index contributed by atoms with van der Waals surface area (Å²) in [6.45, 7) is 9.11. The third-order valence-corrected chi connectivity index (χ3v) is 2.33. The zero-order valence-electron chi connectivity index (χ0n) is 10.3. The molecule has 0 bridgehead atoms. The molecule has 1 aromatic carbocycles. The minimum absolute atomic E-state index is 0. The Morgan fingerprint density at radius 1 is 1.25 bits per heavy atom. The van der Waals surface area contributed by atoms with Crippen LogP contribution in [0.1, 0.15) is 32.3 Å². The van der Waals surface area contributed by atoms with Crippen LogP contribution in [0.15, 0.2) is 24.3 Å². The second-order valence-electron chi connectivity index (χ2n) is 3.89. The first-order chi connectivity index (χ1) is 7.25. The van der Waals surface area contributed by atoms with Gasteiger partial charge >= 0.3 is 0 Å². The van der Waals surface area contributed by atoms with Crippen LogP contribution in [0, 0.1) is 0 Å². The Morgan fingerprint density at radius 3 is 2.56 bits per heavy atom. The van der Waals surface area contributed by atoms with Crippen LogP contribution in [0.2, 0.25) is 0 Å². The number of hydrogen-bond acceptors (Lipinski definition) is 2. The fourth-order valence-corrected chi connectivity index (χ4v) is 1.50. The lowest BCUT2D eigenvalue weighted by molar-refractivity contribution is 0.311. The molecule has 0 fully saturated rings. The fourth-order valence-electron chi connectivity index (χ4n) is 1.50. The van der Waals surface area contributed by atoms with Gasteiger partial charge in [0.25, 0.3) is 0 Å². The Balaban J connectivity index is 0.00000225. The number of ether oxygens (including phenoxy) is 1. The number of rotatable bonds is 6. The molecule has 1 rings (SSSR count). The highest BCUT2D eigenvalue weighted by molar-refractivity contribution is 5.85. The van der Waals surface area contributed by atoms with E-state index < -0.39 is 0 Å². The van der Waals surface area contributed by atoms with E-state index in [0.29, 0.717) is 5.92 Å². The van der Waals surface area contributed by atoms with Gasteiger partial charge in [0.2, 0.25) is 0 Å². The number of hydrogen-bond donors (Lipinski definition) is 1. The summed E-state index contributed by atoms with van der Waals surface area (Å²) in [5, 5.41) is 3.24. The van der Waals surface area contributed by atoms with Crippen molar-refractivity contribution < 1.29 is 4.74 Å². The molecule has 1 aromatic rings. The van der Waals surface area contributed by atoms with E-state index in [1.807, 2.05) is 12.1 Å². The molecular weight excluding hydrogens is 222 g/mol. The molecule has 0 aliphatic heterocycles. The van der Waals surface area contributed by atoms with E-state index in [2.05, 4.69) is 38.2 Å². The van der Waals surface area contributed by atoms with Crippen LogP contribution in [-0.2, 0) is 0 Å². The van der Waals surface area contributed by atoms with Crippen molar-refractivity contribution in [2.45, 2.75) is 26.7 Å². The molecule has 0 unspecified atom stereocenters. The van der Waals surface area contributed by atoms with Crippen LogP contribution < -0.4 is 10.1 Å². The van der Waals surface area contributed by atoms with Crippen LogP contribution in [0.3, 0.4) is 0 Å². The molecule has 0 aliphatic rings. The van der Waals surface area contributed by atoms with Crippen molar-refractivity contribution in [2.75, 3.05) is 19.7 Å². The predicted molar refractivity (Wildman–Crippen MR) is 71.8 cm³/mol. The van der Waals surface area contributed by atoms with Gasteiger partial charge in [-0.2, -0.15) is 0 Å². The topological polar surface area (TPSA) is 21.3 Å². The largest absolute Gasteiger partial charge is 0.492 e. The summed E-state index contributed by atoms with van der Waals surface area (Å²) < 4.78 is 5.74. The minimum atomic E-state index is 0. The normalized spacial score (nSPS) is 10.0. The third kappa shape index (κ3) is 4.86. The lowest BCUT2D eigenvalue weighted by Gasteiger charge is -2.13. The molecule has 92 valence electrons. The van der Waals surface area contributed by atoms with Gasteiger partial charge in [-0.05, 0) is 24.1 Å². The van der Waals surface area contributed by atoms with Gasteiger partial charge in [0.1, 0.15) is 12.4 Å². The van der Waals surface area contributed by atoms with Crippen LogP contribution in [0.5, 0.6) is 5.75 Å². The average molecular weight is 244 g/mol. The number of benzene rings is 1. The predicted octanol–water partition coefficient (Wildman–Crippen LogP) is 3.22. The van der Waals surface area contributed by atoms with E-state index in [4.69, 9.17) is 4.74 Å². The maximum Gasteiger partial charge on any atom is 0.122 e. The molecule has 1 N–H and O–H groups in total. The van der Waals surface area contributed by atoms with E-state index in [0.717, 1.165) is 25.4 Å². The first-order valence-corrected chi connectivity index (χ1v) is 5.68. The van der Waals surface area contributed by atoms with Crippen molar-refractivity contribution in [3.05, 3.63) is 29.8 Å². The van der Waals surface area contributed by atoms with Crippen LogP contribution in [0.4, 0.5) is 0 Å². The molecule has 3 heteroatoms. The number of para-hydroxylation sites is 1. The highest BCUT2D eigenvalue weighted by Gasteiger charge is 2.05. The van der Waals surface area contributed by atoms with Gasteiger partial charge < -0.3 is 10.1 Å². The maximum atomic E-state index is 5.74. The van der Waals surface area contributed by atoms with Crippen LogP contribution >= 0.6 is 12.4 Å². The Bertz CT molecular complexity index is 289. The summed E-state index contributed by atoms with van der Waals surface area (Å²) in [5.41, 5.74) is 1.29. The van der Waals surface area contributed by atoms with E-state index in [1.165, 1.54) is 5.56 Å². The SMILES string of the molecule is CCNCCOc1ccccc1C(C)C.Cl. The summed E-state index contributed by atoms with van der Waals surface area (Å²) in [6.07, 6.45) is 0. The molecule has 0 saturated heterocycles. The average Bonchev–Trinajstić information content (AvgIpc) is 2.25. The molecule has 2 nitrogen and oxygen atoms in total. The van der Waals surface area contributed by atoms with Crippen molar-refractivity contribution in [3.63, 3.8) is 0 Å². The lowest BCUT2D eigenvalue weighted by Crippen LogP contribution is -2.20. The number of halogens is 1. The molecule has 0 amide bonds. The van der Waals surface area contributed by atoms with Crippen molar-refractivity contribution in [1.29, 1.82) is 0 Å². The van der Waals surface area contributed by atoms with E-state index in [9.17, 15) is 0 Å². The molecule has 0 atom stereocenters. The Labute approximate surface area is 105 Å². The molecule has 0 spiro atoms. The van der Waals surface area contributed by atoms with Crippen LogP contribution in [-0.4, -0.2) is 19.7 Å². The fraction of sp³-hybridized carbons (Fsp3) is 0.538. The first kappa shape index (κ1) is 15.3. The summed E-state index contributed by atoms with van der Waals surface area (Å²) in [5.74, 6) is 1.53. The van der Waals surface area contributed by atoms with Crippen molar-refractivity contribution in [3.8, 4) is 5.75 Å². The molecular formula is C13H22ClNO. The van der Waals surface area contributed by atoms with Crippen molar-refractivity contribution >= 4 is 12.4 Å². The molecule has 0 saturated carbocycles. The third-order valence-electron chi connectivity index (χ3n) is 2.33. The standard InChI is InChI=1S/C13H21NO.ClH/c1-4-14-9-10-15-13-8-6-5-7-12(13)11(2)3;/h5-8,11,14H,4,9-10H2,1-3H3;1H. The monoisotopic (exact) mass is 243 g/mol. The van der Waals surface area contributed by atoms with E-state index in [1.54, 1.807) is 0 Å². The van der Waals surface area contributed by atoms with Gasteiger partial charge in [0, 0.05) is 6.54 Å². The summed E-state index contributed by atoms with van der Waals surface area (Å²) in [7, 11) is 0. The van der Waals surface area contributed by atoms with Gasteiger partial charge in [0.05, 0.1) is 0 Å². The second kappa shape index (κ2) is 8.43. The van der Waals surface area contributed by atoms with Gasteiger partial charge in [-0.1, -0.05) is 39.0 Å². The summed E-state index contributed by atoms with van der Waals surface area (Å²) >= 11 is 0. The zero-order valence-corrected chi connectivity index (χ0v) is 11.1. The molecule has 0 radical (unpaired) electrons. The Hall–Kier alpha value is -0.730. The Kier molecular flexibility index (Phi) is 8.04. The van der Waals surface area contributed by atoms with Crippen molar-refractivity contribution in [2.24, 2.45) is 0 Å². The highest BCUT2D eigenvalue weighted by Crippen LogP contribution is 2.25. The van der Waals surface area contributed by atoms with Gasteiger partial charge in [-0.15, -0.1) is 12.4 Å². The lowest BCUT2D eigenvalue weighted by atomic mass is 10.0. The smallest absolute Gasteiger partial charge is 0.122 e.